The van der Waals surface area contributed by atoms with Crippen molar-refractivity contribution in [2.45, 2.75) is 65.6 Å². The summed E-state index contributed by atoms with van der Waals surface area (Å²) < 4.78 is 13.0. The Morgan fingerprint density at radius 2 is 1.07 bits per heavy atom. The van der Waals surface area contributed by atoms with E-state index in [0.717, 1.165) is 40.9 Å². The molecule has 8 heteroatoms. The van der Waals surface area contributed by atoms with Gasteiger partial charge in [-0.2, -0.15) is 5.10 Å². The number of aromatic nitrogens is 2. The monoisotopic (exact) mass is 596 g/mol. The van der Waals surface area contributed by atoms with Crippen molar-refractivity contribution in [2.75, 3.05) is 26.2 Å². The summed E-state index contributed by atoms with van der Waals surface area (Å²) in [4.78, 5) is 28.3. The fourth-order valence-corrected chi connectivity index (χ4v) is 5.44. The van der Waals surface area contributed by atoms with E-state index in [4.69, 9.17) is 14.6 Å². The minimum absolute atomic E-state index is 0.262. The molecule has 0 atom stereocenters. The number of carbonyl (C=O) groups is 2. The van der Waals surface area contributed by atoms with Crippen molar-refractivity contribution in [3.63, 3.8) is 0 Å². The van der Waals surface area contributed by atoms with Crippen LogP contribution in [-0.2, 0) is 16.5 Å². The molecule has 44 heavy (non-hydrogen) atoms. The number of amides is 2. The first-order chi connectivity index (χ1) is 20.8. The third-order valence-corrected chi connectivity index (χ3v) is 7.70. The quantitative estimate of drug-likeness (QED) is 0.307. The predicted molar refractivity (Wildman–Crippen MR) is 175 cm³/mol. The highest BCUT2D eigenvalue weighted by molar-refractivity contribution is 5.76. The van der Waals surface area contributed by atoms with Crippen LogP contribution in [0.5, 0.6) is 0 Å². The minimum Gasteiger partial charge on any atom is -0.444 e. The molecule has 0 radical (unpaired) electrons. The molecule has 0 N–H and O–H groups in total. The number of hydrogen-bond donors (Lipinski definition) is 0. The number of carbonyl (C=O) groups excluding carboxylic acids is 2. The molecule has 232 valence electrons. The maximum atomic E-state index is 12.4. The van der Waals surface area contributed by atoms with Crippen LogP contribution in [0.2, 0.25) is 0 Å². The topological polar surface area (TPSA) is 76.9 Å². The summed E-state index contributed by atoms with van der Waals surface area (Å²) in [6, 6.07) is 19.2. The third-order valence-electron chi connectivity index (χ3n) is 7.70. The average molecular weight is 597 g/mol. The van der Waals surface area contributed by atoms with Crippen LogP contribution >= 0.6 is 0 Å². The van der Waals surface area contributed by atoms with Crippen LogP contribution in [-0.4, -0.2) is 69.1 Å². The van der Waals surface area contributed by atoms with Crippen molar-refractivity contribution < 1.29 is 19.1 Å². The Balaban J connectivity index is 1.22. The molecule has 2 aromatic carbocycles. The molecule has 0 aliphatic carbocycles. The van der Waals surface area contributed by atoms with Crippen LogP contribution in [0, 0.1) is 0 Å². The highest BCUT2D eigenvalue weighted by Gasteiger charge is 2.25. The van der Waals surface area contributed by atoms with E-state index >= 15 is 0 Å². The van der Waals surface area contributed by atoms with Gasteiger partial charge in [0.05, 0.1) is 11.4 Å². The van der Waals surface area contributed by atoms with Crippen molar-refractivity contribution in [3.05, 3.63) is 77.9 Å². The molecule has 0 fully saturated rings. The molecule has 3 aromatic rings. The van der Waals surface area contributed by atoms with E-state index in [1.54, 1.807) is 9.80 Å². The molecular formula is C36H44N4O4. The number of hydrogen-bond acceptors (Lipinski definition) is 5. The van der Waals surface area contributed by atoms with Gasteiger partial charge in [0.15, 0.2) is 0 Å². The van der Waals surface area contributed by atoms with Crippen LogP contribution in [0.1, 0.15) is 65.5 Å². The lowest BCUT2D eigenvalue weighted by atomic mass is 9.97. The second-order valence-electron chi connectivity index (χ2n) is 13.5. The number of benzene rings is 2. The molecule has 8 nitrogen and oxygen atoms in total. The van der Waals surface area contributed by atoms with E-state index in [1.807, 2.05) is 53.3 Å². The Morgan fingerprint density at radius 1 is 0.659 bits per heavy atom. The molecule has 0 saturated heterocycles. The van der Waals surface area contributed by atoms with Crippen LogP contribution in [0.15, 0.2) is 66.7 Å². The van der Waals surface area contributed by atoms with E-state index in [0.29, 0.717) is 26.2 Å². The highest BCUT2D eigenvalue weighted by Crippen LogP contribution is 2.31. The first-order valence-corrected chi connectivity index (χ1v) is 15.4. The summed E-state index contributed by atoms with van der Waals surface area (Å²) in [7, 11) is 1.97. The smallest absolute Gasteiger partial charge is 0.410 e. The summed E-state index contributed by atoms with van der Waals surface area (Å²) in [5, 5.41) is 4.80. The van der Waals surface area contributed by atoms with Gasteiger partial charge in [0.1, 0.15) is 11.2 Å². The molecule has 2 amide bonds. The summed E-state index contributed by atoms with van der Waals surface area (Å²) in [5.74, 6) is 0. The van der Waals surface area contributed by atoms with Crippen LogP contribution in [0.25, 0.3) is 33.7 Å². The maximum absolute atomic E-state index is 12.4. The zero-order valence-electron chi connectivity index (χ0n) is 27.0. The molecule has 2 aliphatic rings. The Labute approximate surface area is 260 Å². The zero-order chi connectivity index (χ0) is 31.6. The van der Waals surface area contributed by atoms with Gasteiger partial charge in [0, 0.05) is 38.8 Å². The van der Waals surface area contributed by atoms with E-state index in [1.165, 1.54) is 16.7 Å². The SMILES string of the molecule is Cn1nc(-c2ccc(C3=CCN(C(=O)OC(C)(C)C)CC3)cc2)cc1-c1ccc(C2=CCN(C(=O)OC(C)(C)C)CC2)cc1. The van der Waals surface area contributed by atoms with Crippen LogP contribution in [0.4, 0.5) is 9.59 Å². The number of nitrogens with zero attached hydrogens (tertiary/aromatic N) is 4. The lowest BCUT2D eigenvalue weighted by molar-refractivity contribution is 0.0260. The van der Waals surface area contributed by atoms with E-state index in [-0.39, 0.29) is 12.2 Å². The van der Waals surface area contributed by atoms with Gasteiger partial charge >= 0.3 is 12.2 Å². The van der Waals surface area contributed by atoms with Gasteiger partial charge in [-0.25, -0.2) is 9.59 Å². The molecule has 0 unspecified atom stereocenters. The largest absolute Gasteiger partial charge is 0.444 e. The molecule has 3 heterocycles. The molecular weight excluding hydrogens is 552 g/mol. The van der Waals surface area contributed by atoms with Crippen molar-refractivity contribution in [3.8, 4) is 22.5 Å². The lowest BCUT2D eigenvalue weighted by Crippen LogP contribution is -2.39. The standard InChI is InChI=1S/C36H44N4O4/c1-35(2,3)43-33(41)39-20-16-27(17-21-39)25-8-12-29(13-9-25)31-24-32(38(7)37-31)30-14-10-26(11-15-30)28-18-22-40(23-19-28)34(42)44-36(4,5)6/h8-16,18,24H,17,19-23H2,1-7H3. The molecule has 2 aliphatic heterocycles. The Kier molecular flexibility index (Phi) is 8.73. The lowest BCUT2D eigenvalue weighted by Gasteiger charge is -2.29. The Hall–Kier alpha value is -4.33. The van der Waals surface area contributed by atoms with Gasteiger partial charge in [-0.3, -0.25) is 4.68 Å². The molecule has 0 spiro atoms. The van der Waals surface area contributed by atoms with Gasteiger partial charge in [0.2, 0.25) is 0 Å². The third kappa shape index (κ3) is 7.59. The Bertz CT molecular complexity index is 1570. The van der Waals surface area contributed by atoms with Crippen LogP contribution in [0.3, 0.4) is 0 Å². The maximum Gasteiger partial charge on any atom is 0.410 e. The fraction of sp³-hybridized carbons (Fsp3) is 0.417. The van der Waals surface area contributed by atoms with Gasteiger partial charge < -0.3 is 19.3 Å². The summed E-state index contributed by atoms with van der Waals surface area (Å²) >= 11 is 0. The summed E-state index contributed by atoms with van der Waals surface area (Å²) in [6.07, 6.45) is 5.30. The van der Waals surface area contributed by atoms with E-state index < -0.39 is 11.2 Å². The molecule has 0 bridgehead atoms. The molecule has 1 aromatic heterocycles. The first-order valence-electron chi connectivity index (χ1n) is 15.4. The van der Waals surface area contributed by atoms with E-state index in [2.05, 4.69) is 66.7 Å². The van der Waals surface area contributed by atoms with Crippen molar-refractivity contribution >= 4 is 23.3 Å². The predicted octanol–water partition coefficient (Wildman–Crippen LogP) is 7.80. The van der Waals surface area contributed by atoms with Gasteiger partial charge in [-0.1, -0.05) is 60.7 Å². The van der Waals surface area contributed by atoms with Gasteiger partial charge in [-0.15, -0.1) is 0 Å². The minimum atomic E-state index is -0.493. The van der Waals surface area contributed by atoms with Crippen LogP contribution < -0.4 is 0 Å². The second kappa shape index (κ2) is 12.3. The molecule has 5 rings (SSSR count). The van der Waals surface area contributed by atoms with Crippen molar-refractivity contribution in [1.82, 2.24) is 19.6 Å². The second-order valence-corrected chi connectivity index (χ2v) is 13.5. The number of aryl methyl sites for hydroxylation is 1. The van der Waals surface area contributed by atoms with Crippen molar-refractivity contribution in [1.29, 1.82) is 0 Å². The van der Waals surface area contributed by atoms with Gasteiger partial charge in [-0.05, 0) is 88.3 Å². The zero-order valence-corrected chi connectivity index (χ0v) is 27.0. The Morgan fingerprint density at radius 3 is 1.45 bits per heavy atom. The van der Waals surface area contributed by atoms with Gasteiger partial charge in [0.25, 0.3) is 0 Å². The summed E-state index contributed by atoms with van der Waals surface area (Å²) in [5.41, 5.74) is 7.95. The highest BCUT2D eigenvalue weighted by atomic mass is 16.6. The fourth-order valence-electron chi connectivity index (χ4n) is 5.44. The number of rotatable bonds is 4. The number of ether oxygens (including phenoxy) is 2. The van der Waals surface area contributed by atoms with E-state index in [9.17, 15) is 9.59 Å². The first kappa shape index (κ1) is 31.1. The van der Waals surface area contributed by atoms with Crippen molar-refractivity contribution in [2.24, 2.45) is 7.05 Å². The molecule has 0 saturated carbocycles. The summed E-state index contributed by atoms with van der Waals surface area (Å²) in [6.45, 7) is 13.7. The normalized spacial score (nSPS) is 15.9. The average Bonchev–Trinajstić information content (AvgIpc) is 3.37.